The summed E-state index contributed by atoms with van der Waals surface area (Å²) in [6, 6.07) is 24.0. The number of rotatable bonds is 6. The second kappa shape index (κ2) is 9.33. The van der Waals surface area contributed by atoms with Crippen LogP contribution in [-0.2, 0) is 9.59 Å². The van der Waals surface area contributed by atoms with Crippen LogP contribution in [0.15, 0.2) is 72.8 Å². The number of amides is 2. The zero-order valence-corrected chi connectivity index (χ0v) is 22.5. The quantitative estimate of drug-likeness (QED) is 0.251. The first-order chi connectivity index (χ1) is 19.6. The van der Waals surface area contributed by atoms with Gasteiger partial charge in [0, 0.05) is 28.8 Å². The maximum absolute atomic E-state index is 13.3. The van der Waals surface area contributed by atoms with Gasteiger partial charge in [0.25, 0.3) is 0 Å². The molecule has 9 rings (SSSR count). The highest BCUT2D eigenvalue weighted by molar-refractivity contribution is 5.96. The van der Waals surface area contributed by atoms with Crippen LogP contribution >= 0.6 is 0 Å². The summed E-state index contributed by atoms with van der Waals surface area (Å²) < 4.78 is 0. The fourth-order valence-corrected chi connectivity index (χ4v) is 8.30. The monoisotopic (exact) mass is 530 g/mol. The highest BCUT2D eigenvalue weighted by atomic mass is 16.2. The number of carbonyl (C=O) groups is 2. The molecule has 202 valence electrons. The van der Waals surface area contributed by atoms with Crippen LogP contribution in [0.4, 0.5) is 11.4 Å². The molecule has 3 N–H and O–H groups in total. The number of benzene rings is 3. The molecular weight excluding hydrogens is 496 g/mol. The molecule has 0 radical (unpaired) electrons. The predicted octanol–water partition coefficient (Wildman–Crippen LogP) is 6.98. The maximum Gasteiger partial charge on any atom is 0.228 e. The molecule has 1 aromatic heterocycles. The Morgan fingerprint density at radius 2 is 1.40 bits per heavy atom. The van der Waals surface area contributed by atoms with Gasteiger partial charge in [-0.15, -0.1) is 0 Å². The minimum Gasteiger partial charge on any atom is -0.338 e. The Labute approximate surface area is 234 Å². The minimum atomic E-state index is 0.0375. The second-order valence-electron chi connectivity index (χ2n) is 12.7. The van der Waals surface area contributed by atoms with Gasteiger partial charge in [-0.2, -0.15) is 0 Å². The molecule has 0 aliphatic heterocycles. The molecule has 0 spiro atoms. The third-order valence-electron chi connectivity index (χ3n) is 10.1. The number of nitrogens with zero attached hydrogens (tertiary/aromatic N) is 1. The Kier molecular flexibility index (Phi) is 5.58. The van der Waals surface area contributed by atoms with Gasteiger partial charge in [0.1, 0.15) is 5.82 Å². The molecule has 4 bridgehead atoms. The lowest BCUT2D eigenvalue weighted by Crippen LogP contribution is -2.49. The van der Waals surface area contributed by atoms with Crippen LogP contribution in [0.5, 0.6) is 0 Å². The van der Waals surface area contributed by atoms with Crippen LogP contribution in [0.2, 0.25) is 0 Å². The van der Waals surface area contributed by atoms with Gasteiger partial charge < -0.3 is 15.6 Å². The normalized spacial score (nSPS) is 29.9. The second-order valence-corrected chi connectivity index (χ2v) is 12.7. The number of fused-ring (bicyclic) bond motifs is 1. The van der Waals surface area contributed by atoms with Gasteiger partial charge in [-0.3, -0.25) is 9.59 Å². The first-order valence-electron chi connectivity index (χ1n) is 14.8. The van der Waals surface area contributed by atoms with Crippen molar-refractivity contribution in [3.05, 3.63) is 78.4 Å². The van der Waals surface area contributed by atoms with Crippen molar-refractivity contribution in [2.24, 2.45) is 35.5 Å². The topological polar surface area (TPSA) is 86.9 Å². The molecule has 5 aliphatic carbocycles. The molecular formula is C34H34N4O2. The van der Waals surface area contributed by atoms with Crippen LogP contribution in [0.3, 0.4) is 0 Å². The number of aromatic nitrogens is 2. The Balaban J connectivity index is 0.928. The third-order valence-corrected chi connectivity index (χ3v) is 10.1. The van der Waals surface area contributed by atoms with Gasteiger partial charge in [-0.25, -0.2) is 4.98 Å². The van der Waals surface area contributed by atoms with Crippen LogP contribution in [0.1, 0.15) is 50.0 Å². The maximum atomic E-state index is 13.3. The molecule has 2 amide bonds. The zero-order valence-electron chi connectivity index (χ0n) is 22.5. The largest absolute Gasteiger partial charge is 0.338 e. The fourth-order valence-electron chi connectivity index (χ4n) is 8.30. The van der Waals surface area contributed by atoms with E-state index in [1.54, 1.807) is 0 Å². The van der Waals surface area contributed by atoms with Crippen molar-refractivity contribution in [3.63, 3.8) is 0 Å². The first kappa shape index (κ1) is 23.9. The van der Waals surface area contributed by atoms with Gasteiger partial charge >= 0.3 is 0 Å². The Morgan fingerprint density at radius 1 is 0.725 bits per heavy atom. The number of hydrogen-bond donors (Lipinski definition) is 3. The number of anilines is 2. The van der Waals surface area contributed by atoms with Crippen molar-refractivity contribution in [1.82, 2.24) is 9.97 Å². The lowest BCUT2D eigenvalue weighted by atomic mass is 9.51. The molecule has 6 nitrogen and oxygen atoms in total. The molecule has 40 heavy (non-hydrogen) atoms. The van der Waals surface area contributed by atoms with Crippen LogP contribution in [0, 0.1) is 35.5 Å². The number of aromatic amines is 1. The standard InChI is InChI=1S/C34H34N4O2/c39-33(28-18-27(28)21-4-2-1-3-5-21)35-25-8-6-22(7-9-25)32-37-29-11-10-26(17-30(29)38-32)36-34(40)31-23-13-19-12-20(15-23)16-24(31)14-19/h1-11,17,19-20,23-24,27-28,31H,12-16,18H2,(H,35,39)(H,36,40)(H,37,38)/t19?,20?,23?,24?,27-,28+,31?/m1/s1. The van der Waals surface area contributed by atoms with Gasteiger partial charge in [-0.1, -0.05) is 30.3 Å². The van der Waals surface area contributed by atoms with Crippen molar-refractivity contribution in [1.29, 1.82) is 0 Å². The molecule has 6 heteroatoms. The number of H-pyrrole nitrogens is 1. The van der Waals surface area contributed by atoms with Crippen molar-refractivity contribution in [2.75, 3.05) is 10.6 Å². The molecule has 1 heterocycles. The number of imidazole rings is 1. The molecule has 5 aliphatic rings. The molecule has 0 saturated heterocycles. The van der Waals surface area contributed by atoms with Crippen molar-refractivity contribution < 1.29 is 9.59 Å². The highest BCUT2D eigenvalue weighted by Gasteiger charge is 2.50. The lowest BCUT2D eigenvalue weighted by Gasteiger charge is -2.53. The summed E-state index contributed by atoms with van der Waals surface area (Å²) in [6.45, 7) is 0. The van der Waals surface area contributed by atoms with Crippen molar-refractivity contribution in [3.8, 4) is 11.4 Å². The van der Waals surface area contributed by atoms with E-state index in [0.717, 1.165) is 52.1 Å². The summed E-state index contributed by atoms with van der Waals surface area (Å²) in [4.78, 5) is 34.3. The van der Waals surface area contributed by atoms with Crippen LogP contribution in [0.25, 0.3) is 22.4 Å². The minimum absolute atomic E-state index is 0.0375. The summed E-state index contributed by atoms with van der Waals surface area (Å²) in [5, 5.41) is 6.31. The van der Waals surface area contributed by atoms with E-state index >= 15 is 0 Å². The average Bonchev–Trinajstić information content (AvgIpc) is 3.65. The van der Waals surface area contributed by atoms with Crippen LogP contribution < -0.4 is 10.6 Å². The van der Waals surface area contributed by atoms with E-state index in [4.69, 9.17) is 4.98 Å². The molecule has 4 aromatic rings. The third kappa shape index (κ3) is 4.30. The zero-order chi connectivity index (χ0) is 26.8. The molecule has 2 atom stereocenters. The number of nitrogens with one attached hydrogen (secondary N) is 3. The van der Waals surface area contributed by atoms with E-state index in [9.17, 15) is 9.59 Å². The Morgan fingerprint density at radius 3 is 2.12 bits per heavy atom. The summed E-state index contributed by atoms with van der Waals surface area (Å²) in [5.41, 5.74) is 5.56. The summed E-state index contributed by atoms with van der Waals surface area (Å²) in [5.74, 6) is 4.44. The van der Waals surface area contributed by atoms with Crippen LogP contribution in [-0.4, -0.2) is 21.8 Å². The van der Waals surface area contributed by atoms with E-state index in [1.807, 2.05) is 60.7 Å². The van der Waals surface area contributed by atoms with E-state index in [1.165, 1.54) is 37.7 Å². The molecule has 5 saturated carbocycles. The molecule has 0 unspecified atom stereocenters. The lowest BCUT2D eigenvalue weighted by molar-refractivity contribution is -0.132. The summed E-state index contributed by atoms with van der Waals surface area (Å²) >= 11 is 0. The smallest absolute Gasteiger partial charge is 0.228 e. The Bertz CT molecular complexity index is 1560. The molecule has 3 aromatic carbocycles. The van der Waals surface area contributed by atoms with E-state index in [0.29, 0.717) is 17.8 Å². The first-order valence-corrected chi connectivity index (χ1v) is 14.8. The van der Waals surface area contributed by atoms with Crippen molar-refractivity contribution >= 4 is 34.2 Å². The number of carbonyl (C=O) groups excluding carboxylic acids is 2. The summed E-state index contributed by atoms with van der Waals surface area (Å²) in [6.07, 6.45) is 7.26. The van der Waals surface area contributed by atoms with E-state index in [2.05, 4.69) is 27.8 Å². The van der Waals surface area contributed by atoms with Gasteiger partial charge in [0.15, 0.2) is 0 Å². The predicted molar refractivity (Wildman–Crippen MR) is 157 cm³/mol. The van der Waals surface area contributed by atoms with Crippen molar-refractivity contribution in [2.45, 2.75) is 44.4 Å². The van der Waals surface area contributed by atoms with Gasteiger partial charge in [0.2, 0.25) is 11.8 Å². The SMILES string of the molecule is O=C(Nc1ccc2nc(-c3ccc(NC(=O)[C@H]4C[C@@H]4c4ccccc4)cc3)[nH]c2c1)C1C2CC3CC(C2)CC1C3. The molecule has 5 fully saturated rings. The van der Waals surface area contributed by atoms with E-state index in [-0.39, 0.29) is 23.7 Å². The average molecular weight is 531 g/mol. The highest BCUT2D eigenvalue weighted by Crippen LogP contribution is 2.56. The van der Waals surface area contributed by atoms with Gasteiger partial charge in [0.05, 0.1) is 11.0 Å². The summed E-state index contributed by atoms with van der Waals surface area (Å²) in [7, 11) is 0. The fraction of sp³-hybridized carbons (Fsp3) is 0.382. The van der Waals surface area contributed by atoms with Gasteiger partial charge in [-0.05, 0) is 116 Å². The number of hydrogen-bond acceptors (Lipinski definition) is 3. The van der Waals surface area contributed by atoms with E-state index < -0.39 is 0 Å². The Hall–Kier alpha value is -3.93.